The number of imidazole rings is 1. The molecule has 0 fully saturated rings. The van der Waals surface area contributed by atoms with Crippen LogP contribution in [0.3, 0.4) is 0 Å². The van der Waals surface area contributed by atoms with Crippen molar-refractivity contribution >= 4 is 5.65 Å². The van der Waals surface area contributed by atoms with Crippen LogP contribution in [0.2, 0.25) is 0 Å². The van der Waals surface area contributed by atoms with Crippen LogP contribution < -0.4 is 9.47 Å². The molecule has 1 aromatic carbocycles. The highest BCUT2D eigenvalue weighted by Crippen LogP contribution is 2.34. The summed E-state index contributed by atoms with van der Waals surface area (Å²) < 4.78 is 12.4. The molecule has 20 heavy (non-hydrogen) atoms. The molecule has 3 aromatic rings. The summed E-state index contributed by atoms with van der Waals surface area (Å²) in [7, 11) is 3.26. The average molecular weight is 269 g/mol. The molecule has 3 rings (SSSR count). The van der Waals surface area contributed by atoms with Gasteiger partial charge in [-0.25, -0.2) is 9.50 Å². The minimum absolute atomic E-state index is 0.695. The monoisotopic (exact) mass is 269 g/mol. The third kappa shape index (κ3) is 1.97. The van der Waals surface area contributed by atoms with Crippen molar-refractivity contribution in [3.05, 3.63) is 42.2 Å². The van der Waals surface area contributed by atoms with Crippen molar-refractivity contribution in [1.29, 1.82) is 0 Å². The Kier molecular flexibility index (Phi) is 3.02. The Balaban J connectivity index is 2.17. The van der Waals surface area contributed by atoms with Gasteiger partial charge in [0.1, 0.15) is 0 Å². The second kappa shape index (κ2) is 4.85. The van der Waals surface area contributed by atoms with Gasteiger partial charge >= 0.3 is 0 Å². The molecule has 0 saturated carbocycles. The van der Waals surface area contributed by atoms with Gasteiger partial charge in [-0.1, -0.05) is 0 Å². The summed E-state index contributed by atoms with van der Waals surface area (Å²) >= 11 is 0. The van der Waals surface area contributed by atoms with Gasteiger partial charge in [-0.15, -0.1) is 0 Å². The van der Waals surface area contributed by atoms with Crippen LogP contribution in [-0.4, -0.2) is 28.8 Å². The number of nitrogens with zero attached hydrogens (tertiary/aromatic N) is 3. The normalized spacial score (nSPS) is 10.8. The van der Waals surface area contributed by atoms with E-state index in [1.165, 1.54) is 0 Å². The molecule has 0 aliphatic rings. The highest BCUT2D eigenvalue weighted by molar-refractivity contribution is 5.68. The Morgan fingerprint density at radius 2 is 1.80 bits per heavy atom. The second-order valence-corrected chi connectivity index (χ2v) is 4.47. The molecule has 0 amide bonds. The first kappa shape index (κ1) is 12.5. The molecule has 0 spiro atoms. The minimum atomic E-state index is 0.695. The largest absolute Gasteiger partial charge is 0.493 e. The molecule has 2 aromatic heterocycles. The number of aromatic nitrogens is 3. The molecule has 102 valence electrons. The van der Waals surface area contributed by atoms with E-state index in [0.717, 1.165) is 28.2 Å². The zero-order valence-electron chi connectivity index (χ0n) is 11.6. The Bertz CT molecular complexity index is 765. The Morgan fingerprint density at radius 1 is 1.05 bits per heavy atom. The van der Waals surface area contributed by atoms with Gasteiger partial charge in [-0.3, -0.25) is 0 Å². The van der Waals surface area contributed by atoms with Crippen molar-refractivity contribution in [3.63, 3.8) is 0 Å². The molecule has 0 unspecified atom stereocenters. The van der Waals surface area contributed by atoms with E-state index in [-0.39, 0.29) is 0 Å². The average Bonchev–Trinajstić information content (AvgIpc) is 2.94. The van der Waals surface area contributed by atoms with Gasteiger partial charge in [-0.05, 0) is 36.8 Å². The summed E-state index contributed by atoms with van der Waals surface area (Å²) in [6, 6.07) is 7.79. The van der Waals surface area contributed by atoms with E-state index in [4.69, 9.17) is 9.47 Å². The van der Waals surface area contributed by atoms with E-state index < -0.39 is 0 Å². The molecule has 0 bridgehead atoms. The lowest BCUT2D eigenvalue weighted by atomic mass is 10.0. The summed E-state index contributed by atoms with van der Waals surface area (Å²) in [5.74, 6) is 1.41. The summed E-state index contributed by atoms with van der Waals surface area (Å²) in [5.41, 5.74) is 3.79. The van der Waals surface area contributed by atoms with Gasteiger partial charge in [-0.2, -0.15) is 5.10 Å². The van der Waals surface area contributed by atoms with E-state index in [1.54, 1.807) is 24.9 Å². The number of ether oxygens (including phenoxy) is 2. The fourth-order valence-electron chi connectivity index (χ4n) is 2.22. The van der Waals surface area contributed by atoms with Gasteiger partial charge in [0.05, 0.1) is 19.9 Å². The van der Waals surface area contributed by atoms with Crippen LogP contribution in [-0.2, 0) is 0 Å². The number of rotatable bonds is 3. The van der Waals surface area contributed by atoms with E-state index in [1.807, 2.05) is 37.4 Å². The number of hydrogen-bond acceptors (Lipinski definition) is 4. The zero-order valence-corrected chi connectivity index (χ0v) is 11.6. The summed E-state index contributed by atoms with van der Waals surface area (Å²) in [4.78, 5) is 4.19. The lowest BCUT2D eigenvalue weighted by Crippen LogP contribution is -1.97. The number of aryl methyl sites for hydroxylation is 1. The maximum absolute atomic E-state index is 5.35. The molecular formula is C15H15N3O2. The van der Waals surface area contributed by atoms with Gasteiger partial charge < -0.3 is 9.47 Å². The topological polar surface area (TPSA) is 48.7 Å². The summed E-state index contributed by atoms with van der Waals surface area (Å²) in [5, 5.41) is 4.55. The van der Waals surface area contributed by atoms with E-state index in [0.29, 0.717) is 5.75 Å². The zero-order chi connectivity index (χ0) is 14.1. The predicted molar refractivity (Wildman–Crippen MR) is 76.3 cm³/mol. The van der Waals surface area contributed by atoms with Crippen molar-refractivity contribution in [2.24, 2.45) is 0 Å². The van der Waals surface area contributed by atoms with Crippen molar-refractivity contribution in [3.8, 4) is 22.8 Å². The van der Waals surface area contributed by atoms with Crippen molar-refractivity contribution < 1.29 is 9.47 Å². The molecular weight excluding hydrogens is 254 g/mol. The van der Waals surface area contributed by atoms with E-state index in [2.05, 4.69) is 10.1 Å². The summed E-state index contributed by atoms with van der Waals surface area (Å²) in [6.07, 6.45) is 3.56. The van der Waals surface area contributed by atoms with Crippen LogP contribution in [0.4, 0.5) is 0 Å². The molecule has 0 atom stereocenters. The van der Waals surface area contributed by atoms with E-state index in [9.17, 15) is 0 Å². The lowest BCUT2D eigenvalue weighted by molar-refractivity contribution is 0.355. The second-order valence-electron chi connectivity index (χ2n) is 4.47. The smallest absolute Gasteiger partial charge is 0.161 e. The minimum Gasteiger partial charge on any atom is -0.493 e. The third-order valence-electron chi connectivity index (χ3n) is 3.26. The van der Waals surface area contributed by atoms with Gasteiger partial charge in [0.2, 0.25) is 0 Å². The molecule has 5 nitrogen and oxygen atoms in total. The van der Waals surface area contributed by atoms with Gasteiger partial charge in [0.15, 0.2) is 17.1 Å². The van der Waals surface area contributed by atoms with Crippen molar-refractivity contribution in [1.82, 2.24) is 14.6 Å². The predicted octanol–water partition coefficient (Wildman–Crippen LogP) is 2.72. The SMILES string of the molecule is COc1cc(C)c(-c2ccc3nccn3n2)cc1OC. The first-order chi connectivity index (χ1) is 9.72. The number of benzene rings is 1. The first-order valence-electron chi connectivity index (χ1n) is 6.26. The molecule has 0 N–H and O–H groups in total. The first-order valence-corrected chi connectivity index (χ1v) is 6.26. The third-order valence-corrected chi connectivity index (χ3v) is 3.26. The Labute approximate surface area is 116 Å². The van der Waals surface area contributed by atoms with Crippen LogP contribution >= 0.6 is 0 Å². The highest BCUT2D eigenvalue weighted by Gasteiger charge is 2.11. The van der Waals surface area contributed by atoms with Gasteiger partial charge in [0, 0.05) is 18.0 Å². The maximum atomic E-state index is 5.35. The number of hydrogen-bond donors (Lipinski definition) is 0. The Hall–Kier alpha value is -2.56. The summed E-state index contributed by atoms with van der Waals surface area (Å²) in [6.45, 7) is 2.02. The maximum Gasteiger partial charge on any atom is 0.161 e. The molecule has 2 heterocycles. The number of fused-ring (bicyclic) bond motifs is 1. The quantitative estimate of drug-likeness (QED) is 0.733. The highest BCUT2D eigenvalue weighted by atomic mass is 16.5. The standard InChI is InChI=1S/C15H15N3O2/c1-10-8-13(19-2)14(20-3)9-11(10)12-4-5-15-16-6-7-18(15)17-12/h4-9H,1-3H3. The van der Waals surface area contributed by atoms with Crippen LogP contribution in [0.1, 0.15) is 5.56 Å². The molecule has 0 aliphatic heterocycles. The van der Waals surface area contributed by atoms with E-state index >= 15 is 0 Å². The van der Waals surface area contributed by atoms with Crippen molar-refractivity contribution in [2.75, 3.05) is 14.2 Å². The van der Waals surface area contributed by atoms with Crippen LogP contribution in [0, 0.1) is 6.92 Å². The van der Waals surface area contributed by atoms with Crippen LogP contribution in [0.25, 0.3) is 16.9 Å². The van der Waals surface area contributed by atoms with Crippen molar-refractivity contribution in [2.45, 2.75) is 6.92 Å². The van der Waals surface area contributed by atoms with Crippen LogP contribution in [0.15, 0.2) is 36.7 Å². The molecule has 0 radical (unpaired) electrons. The molecule has 5 heteroatoms. The number of methoxy groups -OCH3 is 2. The fourth-order valence-corrected chi connectivity index (χ4v) is 2.22. The van der Waals surface area contributed by atoms with Crippen LogP contribution in [0.5, 0.6) is 11.5 Å². The lowest BCUT2D eigenvalue weighted by Gasteiger charge is -2.12. The van der Waals surface area contributed by atoms with Gasteiger partial charge in [0.25, 0.3) is 0 Å². The molecule has 0 aliphatic carbocycles. The fraction of sp³-hybridized carbons (Fsp3) is 0.200. The molecule has 0 saturated heterocycles. The Morgan fingerprint density at radius 3 is 2.55 bits per heavy atom.